The summed E-state index contributed by atoms with van der Waals surface area (Å²) < 4.78 is 5.67. The Morgan fingerprint density at radius 1 is 1.10 bits per heavy atom. The van der Waals surface area contributed by atoms with Crippen LogP contribution in [0.5, 0.6) is 5.75 Å². The van der Waals surface area contributed by atoms with Gasteiger partial charge in [0.2, 0.25) is 0 Å². The number of pyridine rings is 1. The number of anilines is 1. The van der Waals surface area contributed by atoms with Crippen LogP contribution in [-0.2, 0) is 6.54 Å². The molecule has 0 aliphatic rings. The average molecular weight is 270 g/mol. The molecule has 106 valence electrons. The molecule has 2 aromatic rings. The molecule has 0 bridgehead atoms. The number of nitrogens with zero attached hydrogens (tertiary/aromatic N) is 1. The van der Waals surface area contributed by atoms with Crippen molar-refractivity contribution in [1.29, 1.82) is 0 Å². The van der Waals surface area contributed by atoms with Gasteiger partial charge >= 0.3 is 0 Å². The van der Waals surface area contributed by atoms with E-state index >= 15 is 0 Å². The van der Waals surface area contributed by atoms with Gasteiger partial charge in [-0.05, 0) is 42.7 Å². The molecular weight excluding hydrogens is 248 g/mol. The first kappa shape index (κ1) is 14.4. The normalized spacial score (nSPS) is 10.6. The van der Waals surface area contributed by atoms with E-state index in [2.05, 4.69) is 36.3 Å². The maximum atomic E-state index is 5.67. The summed E-state index contributed by atoms with van der Waals surface area (Å²) in [6.45, 7) is 7.80. The molecule has 0 unspecified atom stereocenters. The van der Waals surface area contributed by atoms with Crippen LogP contribution in [0.15, 0.2) is 42.5 Å². The van der Waals surface area contributed by atoms with E-state index in [4.69, 9.17) is 4.74 Å². The van der Waals surface area contributed by atoms with Crippen molar-refractivity contribution < 1.29 is 4.74 Å². The zero-order valence-electron chi connectivity index (χ0n) is 12.4. The SMILES string of the molecule is Cc1cccc(NCc2ccc(OCC(C)C)cc2)n1. The van der Waals surface area contributed by atoms with Crippen molar-refractivity contribution in [2.75, 3.05) is 11.9 Å². The van der Waals surface area contributed by atoms with Crippen LogP contribution in [0.1, 0.15) is 25.1 Å². The Morgan fingerprint density at radius 2 is 1.85 bits per heavy atom. The zero-order valence-corrected chi connectivity index (χ0v) is 12.4. The summed E-state index contributed by atoms with van der Waals surface area (Å²) in [5.74, 6) is 2.38. The highest BCUT2D eigenvalue weighted by Crippen LogP contribution is 2.14. The molecule has 0 aliphatic carbocycles. The molecule has 2 rings (SSSR count). The van der Waals surface area contributed by atoms with Crippen LogP contribution in [-0.4, -0.2) is 11.6 Å². The molecule has 0 fully saturated rings. The van der Waals surface area contributed by atoms with Crippen LogP contribution in [0.4, 0.5) is 5.82 Å². The molecule has 3 nitrogen and oxygen atoms in total. The van der Waals surface area contributed by atoms with E-state index in [1.54, 1.807) is 0 Å². The number of hydrogen-bond donors (Lipinski definition) is 1. The summed E-state index contributed by atoms with van der Waals surface area (Å²) in [5.41, 5.74) is 2.23. The van der Waals surface area contributed by atoms with Crippen molar-refractivity contribution in [3.8, 4) is 5.75 Å². The van der Waals surface area contributed by atoms with Crippen LogP contribution in [0, 0.1) is 12.8 Å². The monoisotopic (exact) mass is 270 g/mol. The fourth-order valence-electron chi connectivity index (χ4n) is 1.80. The molecule has 0 saturated carbocycles. The lowest BCUT2D eigenvalue weighted by Gasteiger charge is -2.10. The van der Waals surface area contributed by atoms with E-state index in [1.165, 1.54) is 5.56 Å². The molecule has 0 aliphatic heterocycles. The van der Waals surface area contributed by atoms with Crippen molar-refractivity contribution in [2.24, 2.45) is 5.92 Å². The second kappa shape index (κ2) is 6.94. The predicted octanol–water partition coefficient (Wildman–Crippen LogP) is 4.04. The smallest absolute Gasteiger partial charge is 0.126 e. The van der Waals surface area contributed by atoms with Crippen LogP contribution >= 0.6 is 0 Å². The Kier molecular flexibility index (Phi) is 4.99. The number of hydrogen-bond acceptors (Lipinski definition) is 3. The molecule has 1 aromatic heterocycles. The third-order valence-corrected chi connectivity index (χ3v) is 2.87. The van der Waals surface area contributed by atoms with Gasteiger partial charge in [0, 0.05) is 12.2 Å². The van der Waals surface area contributed by atoms with E-state index in [-0.39, 0.29) is 0 Å². The molecular formula is C17H22N2O. The number of nitrogens with one attached hydrogen (secondary N) is 1. The summed E-state index contributed by atoms with van der Waals surface area (Å²) in [4.78, 5) is 4.42. The molecule has 20 heavy (non-hydrogen) atoms. The summed E-state index contributed by atoms with van der Waals surface area (Å²) in [6.07, 6.45) is 0. The first-order valence-electron chi connectivity index (χ1n) is 7.03. The molecule has 0 atom stereocenters. The summed E-state index contributed by atoms with van der Waals surface area (Å²) in [7, 11) is 0. The number of rotatable bonds is 6. The van der Waals surface area contributed by atoms with Crippen LogP contribution in [0.25, 0.3) is 0 Å². The molecule has 1 N–H and O–H groups in total. The van der Waals surface area contributed by atoms with E-state index in [0.29, 0.717) is 5.92 Å². The average Bonchev–Trinajstić information content (AvgIpc) is 2.44. The summed E-state index contributed by atoms with van der Waals surface area (Å²) in [5, 5.41) is 3.32. The van der Waals surface area contributed by atoms with Gasteiger partial charge in [0.15, 0.2) is 0 Å². The van der Waals surface area contributed by atoms with Crippen LogP contribution in [0.2, 0.25) is 0 Å². The van der Waals surface area contributed by atoms with Crippen molar-refractivity contribution in [3.05, 3.63) is 53.7 Å². The van der Waals surface area contributed by atoms with Gasteiger partial charge in [0.05, 0.1) is 6.61 Å². The number of aromatic nitrogens is 1. The Hall–Kier alpha value is -2.03. The highest BCUT2D eigenvalue weighted by atomic mass is 16.5. The molecule has 1 aromatic carbocycles. The summed E-state index contributed by atoms with van der Waals surface area (Å²) >= 11 is 0. The molecule has 0 radical (unpaired) electrons. The third-order valence-electron chi connectivity index (χ3n) is 2.87. The minimum atomic E-state index is 0.545. The lowest BCUT2D eigenvalue weighted by Crippen LogP contribution is -2.05. The minimum Gasteiger partial charge on any atom is -0.493 e. The summed E-state index contributed by atoms with van der Waals surface area (Å²) in [6, 6.07) is 14.2. The first-order chi connectivity index (χ1) is 9.63. The van der Waals surface area contributed by atoms with Gasteiger partial charge in [-0.25, -0.2) is 4.98 Å². The largest absolute Gasteiger partial charge is 0.493 e. The lowest BCUT2D eigenvalue weighted by molar-refractivity contribution is 0.271. The van der Waals surface area contributed by atoms with Gasteiger partial charge in [0.1, 0.15) is 11.6 Å². The fraction of sp³-hybridized carbons (Fsp3) is 0.353. The molecule has 1 heterocycles. The van der Waals surface area contributed by atoms with Gasteiger partial charge in [0.25, 0.3) is 0 Å². The molecule has 0 spiro atoms. The van der Waals surface area contributed by atoms with Crippen molar-refractivity contribution >= 4 is 5.82 Å². The van der Waals surface area contributed by atoms with Gasteiger partial charge in [-0.15, -0.1) is 0 Å². The Labute approximate surface area is 121 Å². The first-order valence-corrected chi connectivity index (χ1v) is 7.03. The number of aryl methyl sites for hydroxylation is 1. The van der Waals surface area contributed by atoms with E-state index < -0.39 is 0 Å². The Balaban J connectivity index is 1.87. The zero-order chi connectivity index (χ0) is 14.4. The van der Waals surface area contributed by atoms with Gasteiger partial charge in [-0.2, -0.15) is 0 Å². The topological polar surface area (TPSA) is 34.1 Å². The van der Waals surface area contributed by atoms with Crippen molar-refractivity contribution in [1.82, 2.24) is 4.98 Å². The second-order valence-corrected chi connectivity index (χ2v) is 5.37. The maximum Gasteiger partial charge on any atom is 0.126 e. The van der Waals surface area contributed by atoms with Gasteiger partial charge in [-0.1, -0.05) is 32.0 Å². The van der Waals surface area contributed by atoms with Crippen molar-refractivity contribution in [2.45, 2.75) is 27.3 Å². The standard InChI is InChI=1S/C17H22N2O/c1-13(2)12-20-16-9-7-15(8-10-16)11-18-17-6-4-5-14(3)19-17/h4-10,13H,11-12H2,1-3H3,(H,18,19). The molecule has 0 saturated heterocycles. The quantitative estimate of drug-likeness (QED) is 0.860. The molecule has 0 amide bonds. The van der Waals surface area contributed by atoms with E-state index in [0.717, 1.165) is 30.4 Å². The van der Waals surface area contributed by atoms with Gasteiger partial charge < -0.3 is 10.1 Å². The Bertz CT molecular complexity index is 535. The highest BCUT2D eigenvalue weighted by Gasteiger charge is 1.99. The fourth-order valence-corrected chi connectivity index (χ4v) is 1.80. The maximum absolute atomic E-state index is 5.67. The molecule has 3 heteroatoms. The van der Waals surface area contributed by atoms with Gasteiger partial charge in [-0.3, -0.25) is 0 Å². The third kappa shape index (κ3) is 4.57. The predicted molar refractivity (Wildman–Crippen MR) is 83.1 cm³/mol. The number of benzene rings is 1. The highest BCUT2D eigenvalue weighted by molar-refractivity contribution is 5.37. The van der Waals surface area contributed by atoms with E-state index in [1.807, 2.05) is 37.3 Å². The van der Waals surface area contributed by atoms with Crippen molar-refractivity contribution in [3.63, 3.8) is 0 Å². The van der Waals surface area contributed by atoms with E-state index in [9.17, 15) is 0 Å². The number of ether oxygens (including phenoxy) is 1. The Morgan fingerprint density at radius 3 is 2.50 bits per heavy atom. The van der Waals surface area contributed by atoms with Crippen LogP contribution in [0.3, 0.4) is 0 Å². The van der Waals surface area contributed by atoms with Crippen LogP contribution < -0.4 is 10.1 Å². The minimum absolute atomic E-state index is 0.545. The second-order valence-electron chi connectivity index (χ2n) is 5.37. The lowest BCUT2D eigenvalue weighted by atomic mass is 10.2.